The molecule has 0 aromatic rings. The summed E-state index contributed by atoms with van der Waals surface area (Å²) in [6.07, 6.45) is 1.25. The van der Waals surface area contributed by atoms with E-state index in [2.05, 4.69) is 20.4 Å². The topological polar surface area (TPSA) is 125 Å². The van der Waals surface area contributed by atoms with Crippen molar-refractivity contribution in [3.05, 3.63) is 34.4 Å². The molecule has 43 heavy (non-hydrogen) atoms. The molecule has 2 bridgehead atoms. The van der Waals surface area contributed by atoms with Crippen molar-refractivity contribution in [3.63, 3.8) is 0 Å². The van der Waals surface area contributed by atoms with E-state index in [1.165, 1.54) is 13.8 Å². The zero-order valence-corrected chi connectivity index (χ0v) is 26.1. The van der Waals surface area contributed by atoms with Gasteiger partial charge in [-0.2, -0.15) is 0 Å². The second-order valence-corrected chi connectivity index (χ2v) is 14.1. The maximum Gasteiger partial charge on any atom is 0.334 e. The Bertz CT molecular complexity index is 1360. The van der Waals surface area contributed by atoms with Crippen LogP contribution in [0.15, 0.2) is 34.4 Å². The average molecular weight is 597 g/mol. The van der Waals surface area contributed by atoms with Gasteiger partial charge in [-0.1, -0.05) is 37.1 Å². The molecular formula is C34H44O9. The second kappa shape index (κ2) is 10.3. The van der Waals surface area contributed by atoms with Crippen molar-refractivity contribution in [3.8, 4) is 0 Å². The predicted octanol–water partition coefficient (Wildman–Crippen LogP) is 4.37. The Balaban J connectivity index is 1.40. The highest BCUT2D eigenvalue weighted by Crippen LogP contribution is 2.76. The molecule has 9 heteroatoms. The number of fused-ring (bicyclic) bond motifs is 5. The SMILES string of the molecule is C=C1C(=O)O[C@@H]2C[C@@H](C)[C@]34C[C@@]5(C(=O)O[C@H]6CC(C)=C([C@H](C)CCCOC(C)=O)[C@H](O)[C@H]65)[C@H](C(C)=C3C[C@@H]12)[C@@H]4OC(C)=O. The van der Waals surface area contributed by atoms with Gasteiger partial charge in [0.05, 0.1) is 18.1 Å². The van der Waals surface area contributed by atoms with Gasteiger partial charge in [0.15, 0.2) is 0 Å². The first kappa shape index (κ1) is 30.1. The Kier molecular flexibility index (Phi) is 7.22. The smallest absolute Gasteiger partial charge is 0.334 e. The van der Waals surface area contributed by atoms with E-state index in [0.29, 0.717) is 44.3 Å². The fraction of sp³-hybridized carbons (Fsp3) is 0.706. The van der Waals surface area contributed by atoms with Crippen molar-refractivity contribution >= 4 is 23.9 Å². The highest BCUT2D eigenvalue weighted by atomic mass is 16.6. The first-order valence-electron chi connectivity index (χ1n) is 15.7. The van der Waals surface area contributed by atoms with E-state index >= 15 is 0 Å². The lowest BCUT2D eigenvalue weighted by atomic mass is 9.55. The normalized spacial score (nSPS) is 41.9. The monoisotopic (exact) mass is 596 g/mol. The van der Waals surface area contributed by atoms with Crippen LogP contribution in [0.3, 0.4) is 0 Å². The molecule has 0 amide bonds. The van der Waals surface area contributed by atoms with Gasteiger partial charge in [0.1, 0.15) is 18.3 Å². The van der Waals surface area contributed by atoms with Crippen LogP contribution in [0.4, 0.5) is 0 Å². The summed E-state index contributed by atoms with van der Waals surface area (Å²) in [5, 5.41) is 12.2. The molecule has 0 radical (unpaired) electrons. The zero-order valence-electron chi connectivity index (χ0n) is 26.1. The number of ether oxygens (including phenoxy) is 4. The number of hydrogen-bond donors (Lipinski definition) is 1. The van der Waals surface area contributed by atoms with Crippen LogP contribution < -0.4 is 0 Å². The third kappa shape index (κ3) is 4.12. The van der Waals surface area contributed by atoms with Gasteiger partial charge in [-0.15, -0.1) is 0 Å². The lowest BCUT2D eigenvalue weighted by Gasteiger charge is -2.45. The molecule has 2 aliphatic heterocycles. The number of carbonyl (C=O) groups is 4. The van der Waals surface area contributed by atoms with Crippen LogP contribution in [0.2, 0.25) is 0 Å². The molecule has 2 spiro atoms. The van der Waals surface area contributed by atoms with Crippen molar-refractivity contribution < 1.29 is 43.2 Å². The summed E-state index contributed by atoms with van der Waals surface area (Å²) >= 11 is 0. The first-order chi connectivity index (χ1) is 20.2. The Morgan fingerprint density at radius 1 is 1.09 bits per heavy atom. The number of aliphatic hydroxyl groups is 1. The summed E-state index contributed by atoms with van der Waals surface area (Å²) in [6.45, 7) is 15.4. The summed E-state index contributed by atoms with van der Waals surface area (Å²) < 4.78 is 23.3. The van der Waals surface area contributed by atoms with E-state index < -0.39 is 46.9 Å². The number of hydrogen-bond acceptors (Lipinski definition) is 9. The van der Waals surface area contributed by atoms with Crippen molar-refractivity contribution in [2.75, 3.05) is 6.61 Å². The number of carbonyl (C=O) groups excluding carboxylic acids is 4. The maximum absolute atomic E-state index is 14.2. The van der Waals surface area contributed by atoms with Crippen LogP contribution in [0, 0.1) is 40.4 Å². The predicted molar refractivity (Wildman–Crippen MR) is 154 cm³/mol. The van der Waals surface area contributed by atoms with Crippen molar-refractivity contribution in [2.45, 2.75) is 104 Å². The Hall–Kier alpha value is -2.94. The molecule has 2 heterocycles. The van der Waals surface area contributed by atoms with E-state index in [1.54, 1.807) is 0 Å². The summed E-state index contributed by atoms with van der Waals surface area (Å²) in [7, 11) is 0. The fourth-order valence-corrected chi connectivity index (χ4v) is 10.4. The third-order valence-corrected chi connectivity index (χ3v) is 12.0. The summed E-state index contributed by atoms with van der Waals surface area (Å²) in [5.74, 6) is -2.51. The van der Waals surface area contributed by atoms with E-state index in [0.717, 1.165) is 28.7 Å². The highest BCUT2D eigenvalue weighted by Gasteiger charge is 2.79. The van der Waals surface area contributed by atoms with Crippen molar-refractivity contribution in [2.24, 2.45) is 40.4 Å². The number of aliphatic hydroxyl groups excluding tert-OH is 1. The van der Waals surface area contributed by atoms with Crippen LogP contribution in [0.1, 0.15) is 80.1 Å². The fourth-order valence-electron chi connectivity index (χ4n) is 10.4. The van der Waals surface area contributed by atoms with Crippen molar-refractivity contribution in [1.82, 2.24) is 0 Å². The maximum atomic E-state index is 14.2. The van der Waals surface area contributed by atoms with Gasteiger partial charge in [0.2, 0.25) is 0 Å². The van der Waals surface area contributed by atoms with E-state index in [4.69, 9.17) is 18.9 Å². The zero-order chi connectivity index (χ0) is 31.2. The molecule has 1 N–H and O–H groups in total. The van der Waals surface area contributed by atoms with E-state index in [-0.39, 0.29) is 41.8 Å². The van der Waals surface area contributed by atoms with Gasteiger partial charge in [-0.25, -0.2) is 4.79 Å². The Morgan fingerprint density at radius 2 is 1.81 bits per heavy atom. The standard InChI is InChI=1S/C34H44O9/c1-15(9-8-10-40-20(6)35)26-16(2)11-25-28(29(26)37)34(32(39)43-25)14-33-17(3)12-24-22(18(4)31(38)42-24)13-23(33)19(5)27(34)30(33)41-21(7)36/h15,17,22,24-25,27-30,37H,4,8-14H2,1-3,5-7H3/t15-,17-,22+,24-,25+,27-,28+,29+,30+,33-,34-/m1/s1. The Labute approximate surface area is 253 Å². The minimum absolute atomic E-state index is 0.0179. The number of rotatable bonds is 6. The van der Waals surface area contributed by atoms with Crippen molar-refractivity contribution in [1.29, 1.82) is 0 Å². The molecule has 0 aromatic heterocycles. The van der Waals surface area contributed by atoms with Gasteiger partial charge >= 0.3 is 23.9 Å². The summed E-state index contributed by atoms with van der Waals surface area (Å²) in [4.78, 5) is 50.6. The number of esters is 4. The van der Waals surface area contributed by atoms with Gasteiger partial charge in [0.25, 0.3) is 0 Å². The van der Waals surface area contributed by atoms with Gasteiger partial charge in [-0.05, 0) is 63.4 Å². The molecule has 4 aliphatic carbocycles. The first-order valence-corrected chi connectivity index (χ1v) is 15.7. The van der Waals surface area contributed by atoms with Crippen LogP contribution in [-0.2, 0) is 38.1 Å². The second-order valence-electron chi connectivity index (χ2n) is 14.1. The van der Waals surface area contributed by atoms with Crippen LogP contribution >= 0.6 is 0 Å². The largest absolute Gasteiger partial charge is 0.466 e. The molecule has 0 unspecified atom stereocenters. The summed E-state index contributed by atoms with van der Waals surface area (Å²) in [5.41, 5.74) is 2.89. The molecule has 6 aliphatic rings. The minimum Gasteiger partial charge on any atom is -0.466 e. The summed E-state index contributed by atoms with van der Waals surface area (Å²) in [6, 6.07) is 0. The van der Waals surface area contributed by atoms with Gasteiger partial charge < -0.3 is 24.1 Å². The van der Waals surface area contributed by atoms with E-state index in [1.807, 2.05) is 13.8 Å². The van der Waals surface area contributed by atoms with E-state index in [9.17, 15) is 24.3 Å². The van der Waals surface area contributed by atoms with Crippen LogP contribution in [0.25, 0.3) is 0 Å². The average Bonchev–Trinajstić information content (AvgIpc) is 3.49. The molecule has 234 valence electrons. The third-order valence-electron chi connectivity index (χ3n) is 12.0. The van der Waals surface area contributed by atoms with Crippen LogP contribution in [0.5, 0.6) is 0 Å². The molecule has 6 rings (SSSR count). The van der Waals surface area contributed by atoms with Gasteiger partial charge in [-0.3, -0.25) is 14.4 Å². The molecule has 0 aromatic carbocycles. The lowest BCUT2D eigenvalue weighted by molar-refractivity contribution is -0.156. The lowest BCUT2D eigenvalue weighted by Crippen LogP contribution is -2.50. The van der Waals surface area contributed by atoms with Crippen LogP contribution in [-0.4, -0.2) is 60.0 Å². The molecular weight excluding hydrogens is 552 g/mol. The van der Waals surface area contributed by atoms with Gasteiger partial charge in [0, 0.05) is 49.0 Å². The minimum atomic E-state index is -1.05. The molecule has 2 saturated carbocycles. The highest BCUT2D eigenvalue weighted by molar-refractivity contribution is 5.91. The molecule has 11 atom stereocenters. The molecule has 2 saturated heterocycles. The Morgan fingerprint density at radius 3 is 2.49 bits per heavy atom. The molecule has 9 nitrogen and oxygen atoms in total. The quantitative estimate of drug-likeness (QED) is 0.156. The molecule has 4 fully saturated rings.